The number of hydrogen-bond acceptors (Lipinski definition) is 2. The summed E-state index contributed by atoms with van der Waals surface area (Å²) in [6, 6.07) is 8.70. The first-order chi connectivity index (χ1) is 10.7. The van der Waals surface area contributed by atoms with E-state index in [-0.39, 0.29) is 18.2 Å². The SMILES string of the molecule is C/C(=C\C1CCC(C)N1C(=O)OC(C)(C)C)c1ccccc1C. The summed E-state index contributed by atoms with van der Waals surface area (Å²) in [5, 5.41) is 0. The molecular formula is C20H29NO2. The Hall–Kier alpha value is -1.77. The maximum absolute atomic E-state index is 12.5. The summed E-state index contributed by atoms with van der Waals surface area (Å²) >= 11 is 0. The van der Waals surface area contributed by atoms with Crippen molar-refractivity contribution in [3.63, 3.8) is 0 Å². The molecule has 23 heavy (non-hydrogen) atoms. The molecule has 3 nitrogen and oxygen atoms in total. The molecule has 0 aromatic heterocycles. The summed E-state index contributed by atoms with van der Waals surface area (Å²) in [4.78, 5) is 14.4. The van der Waals surface area contributed by atoms with E-state index in [1.807, 2.05) is 25.7 Å². The van der Waals surface area contributed by atoms with Gasteiger partial charge in [-0.15, -0.1) is 0 Å². The molecule has 0 N–H and O–H groups in total. The molecule has 0 aliphatic carbocycles. The summed E-state index contributed by atoms with van der Waals surface area (Å²) in [6.45, 7) is 12.1. The van der Waals surface area contributed by atoms with E-state index in [0.717, 1.165) is 12.8 Å². The van der Waals surface area contributed by atoms with Crippen LogP contribution in [0.2, 0.25) is 0 Å². The molecular weight excluding hydrogens is 286 g/mol. The van der Waals surface area contributed by atoms with E-state index in [1.165, 1.54) is 16.7 Å². The summed E-state index contributed by atoms with van der Waals surface area (Å²) in [6.07, 6.45) is 4.02. The number of allylic oxidation sites excluding steroid dienone is 1. The van der Waals surface area contributed by atoms with Crippen molar-refractivity contribution in [2.75, 3.05) is 0 Å². The Morgan fingerprint density at radius 3 is 2.52 bits per heavy atom. The Morgan fingerprint density at radius 1 is 1.26 bits per heavy atom. The fourth-order valence-electron chi connectivity index (χ4n) is 3.20. The molecule has 0 bridgehead atoms. The Labute approximate surface area is 140 Å². The van der Waals surface area contributed by atoms with Crippen LogP contribution in [0.5, 0.6) is 0 Å². The quantitative estimate of drug-likeness (QED) is 0.752. The monoisotopic (exact) mass is 315 g/mol. The van der Waals surface area contributed by atoms with Crippen molar-refractivity contribution in [3.05, 3.63) is 41.5 Å². The molecule has 0 spiro atoms. The highest BCUT2D eigenvalue weighted by molar-refractivity contribution is 5.72. The van der Waals surface area contributed by atoms with Crippen molar-refractivity contribution in [2.45, 2.75) is 72.1 Å². The van der Waals surface area contributed by atoms with Gasteiger partial charge in [0.05, 0.1) is 6.04 Å². The van der Waals surface area contributed by atoms with Crippen LogP contribution in [0.25, 0.3) is 5.57 Å². The predicted molar refractivity (Wildman–Crippen MR) is 95.4 cm³/mol. The highest BCUT2D eigenvalue weighted by atomic mass is 16.6. The lowest BCUT2D eigenvalue weighted by Gasteiger charge is -2.30. The molecule has 2 atom stereocenters. The minimum absolute atomic E-state index is 0.111. The number of amides is 1. The number of aryl methyl sites for hydroxylation is 1. The van der Waals surface area contributed by atoms with Gasteiger partial charge >= 0.3 is 6.09 Å². The van der Waals surface area contributed by atoms with Crippen LogP contribution in [0.1, 0.15) is 58.6 Å². The normalized spacial score (nSPS) is 22.3. The van der Waals surface area contributed by atoms with Gasteiger partial charge in [-0.25, -0.2) is 4.79 Å². The average Bonchev–Trinajstić information content (AvgIpc) is 2.78. The van der Waals surface area contributed by atoms with Crippen molar-refractivity contribution in [2.24, 2.45) is 0 Å². The van der Waals surface area contributed by atoms with Gasteiger partial charge in [0.1, 0.15) is 5.60 Å². The number of carbonyl (C=O) groups excluding carboxylic acids is 1. The fourth-order valence-corrected chi connectivity index (χ4v) is 3.20. The van der Waals surface area contributed by atoms with E-state index in [4.69, 9.17) is 4.74 Å². The van der Waals surface area contributed by atoms with Crippen LogP contribution in [0.3, 0.4) is 0 Å². The number of benzene rings is 1. The maximum atomic E-state index is 12.5. The molecule has 126 valence electrons. The molecule has 1 amide bonds. The lowest BCUT2D eigenvalue weighted by Crippen LogP contribution is -2.42. The van der Waals surface area contributed by atoms with E-state index in [9.17, 15) is 4.79 Å². The molecule has 3 heteroatoms. The largest absolute Gasteiger partial charge is 0.444 e. The van der Waals surface area contributed by atoms with E-state index in [2.05, 4.69) is 51.1 Å². The summed E-state index contributed by atoms with van der Waals surface area (Å²) in [7, 11) is 0. The third-order valence-corrected chi connectivity index (χ3v) is 4.33. The number of carbonyl (C=O) groups is 1. The Morgan fingerprint density at radius 2 is 1.91 bits per heavy atom. The number of likely N-dealkylation sites (tertiary alicyclic amines) is 1. The van der Waals surface area contributed by atoms with E-state index < -0.39 is 5.60 Å². The smallest absolute Gasteiger partial charge is 0.411 e. The molecule has 0 radical (unpaired) electrons. The number of nitrogens with zero attached hydrogens (tertiary/aromatic N) is 1. The third-order valence-electron chi connectivity index (χ3n) is 4.33. The van der Waals surface area contributed by atoms with Crippen molar-refractivity contribution in [3.8, 4) is 0 Å². The second-order valence-electron chi connectivity index (χ2n) is 7.55. The molecule has 1 fully saturated rings. The summed E-state index contributed by atoms with van der Waals surface area (Å²) in [5.41, 5.74) is 3.27. The van der Waals surface area contributed by atoms with Gasteiger partial charge in [0, 0.05) is 6.04 Å². The lowest BCUT2D eigenvalue weighted by atomic mass is 9.99. The molecule has 0 saturated carbocycles. The van der Waals surface area contributed by atoms with Crippen LogP contribution in [0.4, 0.5) is 4.79 Å². The van der Waals surface area contributed by atoms with Crippen LogP contribution >= 0.6 is 0 Å². The summed E-state index contributed by atoms with van der Waals surface area (Å²) < 4.78 is 5.59. The van der Waals surface area contributed by atoms with Crippen LogP contribution in [-0.4, -0.2) is 28.7 Å². The van der Waals surface area contributed by atoms with E-state index in [0.29, 0.717) is 0 Å². The third kappa shape index (κ3) is 4.37. The molecule has 1 aliphatic rings. The van der Waals surface area contributed by atoms with Gasteiger partial charge in [0.2, 0.25) is 0 Å². The maximum Gasteiger partial charge on any atom is 0.411 e. The Balaban J connectivity index is 2.22. The fraction of sp³-hybridized carbons (Fsp3) is 0.550. The standard InChI is InChI=1S/C20H29NO2/c1-14-9-7-8-10-18(14)15(2)13-17-12-11-16(3)21(17)19(22)23-20(4,5)6/h7-10,13,16-17H,11-12H2,1-6H3/b15-13+. The predicted octanol–water partition coefficient (Wildman–Crippen LogP) is 5.19. The Kier molecular flexibility index (Phi) is 5.18. The van der Waals surface area contributed by atoms with Crippen LogP contribution in [-0.2, 0) is 4.74 Å². The van der Waals surface area contributed by atoms with Crippen molar-refractivity contribution in [1.82, 2.24) is 4.90 Å². The van der Waals surface area contributed by atoms with Gasteiger partial charge in [-0.2, -0.15) is 0 Å². The van der Waals surface area contributed by atoms with Crippen molar-refractivity contribution >= 4 is 11.7 Å². The van der Waals surface area contributed by atoms with E-state index in [1.54, 1.807) is 0 Å². The molecule has 1 aromatic carbocycles. The first-order valence-electron chi connectivity index (χ1n) is 8.45. The highest BCUT2D eigenvalue weighted by Gasteiger charge is 2.35. The number of hydrogen-bond donors (Lipinski definition) is 0. The van der Waals surface area contributed by atoms with Crippen molar-refractivity contribution < 1.29 is 9.53 Å². The zero-order chi connectivity index (χ0) is 17.2. The minimum Gasteiger partial charge on any atom is -0.444 e. The molecule has 1 aromatic rings. The van der Waals surface area contributed by atoms with Gasteiger partial charge in [-0.3, -0.25) is 4.90 Å². The van der Waals surface area contributed by atoms with Gasteiger partial charge in [0.25, 0.3) is 0 Å². The van der Waals surface area contributed by atoms with Crippen molar-refractivity contribution in [1.29, 1.82) is 0 Å². The van der Waals surface area contributed by atoms with Gasteiger partial charge < -0.3 is 4.74 Å². The molecule has 2 unspecified atom stereocenters. The molecule has 1 heterocycles. The highest BCUT2D eigenvalue weighted by Crippen LogP contribution is 2.29. The molecule has 2 rings (SSSR count). The zero-order valence-corrected chi connectivity index (χ0v) is 15.2. The van der Waals surface area contributed by atoms with Gasteiger partial charge in [-0.05, 0) is 71.1 Å². The lowest BCUT2D eigenvalue weighted by molar-refractivity contribution is 0.0194. The van der Waals surface area contributed by atoms with Crippen LogP contribution < -0.4 is 0 Å². The first-order valence-corrected chi connectivity index (χ1v) is 8.45. The zero-order valence-electron chi connectivity index (χ0n) is 15.2. The van der Waals surface area contributed by atoms with Gasteiger partial charge in [0.15, 0.2) is 0 Å². The number of ether oxygens (including phenoxy) is 1. The van der Waals surface area contributed by atoms with Gasteiger partial charge in [-0.1, -0.05) is 30.3 Å². The second-order valence-corrected chi connectivity index (χ2v) is 7.55. The minimum atomic E-state index is -0.460. The Bertz CT molecular complexity index is 598. The summed E-state index contributed by atoms with van der Waals surface area (Å²) in [5.74, 6) is 0. The van der Waals surface area contributed by atoms with E-state index >= 15 is 0 Å². The van der Waals surface area contributed by atoms with Crippen LogP contribution in [0.15, 0.2) is 30.3 Å². The number of rotatable bonds is 2. The second kappa shape index (κ2) is 6.77. The molecule has 1 aliphatic heterocycles. The van der Waals surface area contributed by atoms with Crippen LogP contribution in [0, 0.1) is 6.92 Å². The first kappa shape index (κ1) is 17.6. The molecule has 1 saturated heterocycles. The topological polar surface area (TPSA) is 29.5 Å². The average molecular weight is 315 g/mol.